The summed E-state index contributed by atoms with van der Waals surface area (Å²) in [5.74, 6) is -0.444. The average Bonchev–Trinajstić information content (AvgIpc) is 2.38. The molecule has 0 aliphatic carbocycles. The van der Waals surface area contributed by atoms with Crippen LogP contribution in [0.2, 0.25) is 0 Å². The summed E-state index contributed by atoms with van der Waals surface area (Å²) in [5, 5.41) is 8.85. The third-order valence-electron chi connectivity index (χ3n) is 2.86. The van der Waals surface area contributed by atoms with Crippen LogP contribution in [0.15, 0.2) is 36.4 Å². The molecule has 0 saturated heterocycles. The Balaban J connectivity index is 2.37. The summed E-state index contributed by atoms with van der Waals surface area (Å²) in [6, 6.07) is 11.7. The van der Waals surface area contributed by atoms with Gasteiger partial charge in [-0.2, -0.15) is 0 Å². The molecule has 1 atom stereocenters. The minimum atomic E-state index is -0.834. The number of hydrogen-bond acceptors (Lipinski definition) is 3. The number of benzene rings is 1. The van der Waals surface area contributed by atoms with Crippen LogP contribution in [0, 0.1) is 6.92 Å². The molecule has 0 fully saturated rings. The highest BCUT2D eigenvalue weighted by atomic mass is 16.4. The lowest BCUT2D eigenvalue weighted by molar-refractivity contribution is -0.137. The Labute approximate surface area is 112 Å². The summed E-state index contributed by atoms with van der Waals surface area (Å²) in [7, 11) is 0. The van der Waals surface area contributed by atoms with Crippen LogP contribution in [0.1, 0.15) is 30.8 Å². The molecule has 1 heterocycles. The van der Waals surface area contributed by atoms with Crippen molar-refractivity contribution in [3.05, 3.63) is 47.9 Å². The second-order valence-corrected chi connectivity index (χ2v) is 4.62. The Morgan fingerprint density at radius 1 is 1.26 bits per heavy atom. The molecule has 19 heavy (non-hydrogen) atoms. The fourth-order valence-corrected chi connectivity index (χ4v) is 1.92. The van der Waals surface area contributed by atoms with Crippen LogP contribution in [0.4, 0.5) is 0 Å². The van der Waals surface area contributed by atoms with Gasteiger partial charge in [0.05, 0.1) is 12.1 Å². The molecule has 98 valence electrons. The zero-order valence-electron chi connectivity index (χ0n) is 11.0. The Bertz CT molecular complexity index is 582. The van der Waals surface area contributed by atoms with E-state index in [-0.39, 0.29) is 12.3 Å². The van der Waals surface area contributed by atoms with E-state index in [2.05, 4.69) is 9.97 Å². The van der Waals surface area contributed by atoms with Crippen LogP contribution in [-0.2, 0) is 4.79 Å². The van der Waals surface area contributed by atoms with Crippen molar-refractivity contribution in [3.8, 4) is 11.3 Å². The average molecular weight is 256 g/mol. The normalized spacial score (nSPS) is 12.1. The van der Waals surface area contributed by atoms with E-state index in [0.29, 0.717) is 5.82 Å². The summed E-state index contributed by atoms with van der Waals surface area (Å²) < 4.78 is 0. The quantitative estimate of drug-likeness (QED) is 0.913. The topological polar surface area (TPSA) is 63.1 Å². The van der Waals surface area contributed by atoms with E-state index in [9.17, 15) is 4.79 Å². The van der Waals surface area contributed by atoms with Gasteiger partial charge in [0.25, 0.3) is 0 Å². The number of nitrogens with zero attached hydrogens (tertiary/aromatic N) is 2. The molecule has 0 aliphatic heterocycles. The SMILES string of the molecule is Cc1cc(-c2ccccc2)nc(C(C)CC(=O)O)n1. The molecule has 0 aliphatic rings. The first-order chi connectivity index (χ1) is 9.06. The van der Waals surface area contributed by atoms with E-state index in [4.69, 9.17) is 5.11 Å². The Hall–Kier alpha value is -2.23. The van der Waals surface area contributed by atoms with Crippen molar-refractivity contribution < 1.29 is 9.90 Å². The van der Waals surface area contributed by atoms with Crippen LogP contribution in [0.3, 0.4) is 0 Å². The fraction of sp³-hybridized carbons (Fsp3) is 0.267. The first-order valence-electron chi connectivity index (χ1n) is 6.19. The molecule has 1 N–H and O–H groups in total. The third kappa shape index (κ3) is 3.37. The minimum absolute atomic E-state index is 0.0394. The van der Waals surface area contributed by atoms with Crippen molar-refractivity contribution in [1.29, 1.82) is 0 Å². The third-order valence-corrected chi connectivity index (χ3v) is 2.86. The van der Waals surface area contributed by atoms with Crippen molar-refractivity contribution in [3.63, 3.8) is 0 Å². The largest absolute Gasteiger partial charge is 0.481 e. The van der Waals surface area contributed by atoms with Crippen LogP contribution < -0.4 is 0 Å². The lowest BCUT2D eigenvalue weighted by Gasteiger charge is -2.10. The highest BCUT2D eigenvalue weighted by Crippen LogP contribution is 2.21. The van der Waals surface area contributed by atoms with E-state index in [1.807, 2.05) is 50.2 Å². The lowest BCUT2D eigenvalue weighted by Crippen LogP contribution is -2.08. The van der Waals surface area contributed by atoms with Gasteiger partial charge in [0.2, 0.25) is 0 Å². The molecule has 0 saturated carbocycles. The molecule has 4 heteroatoms. The number of carbonyl (C=O) groups is 1. The predicted molar refractivity (Wildman–Crippen MR) is 72.9 cm³/mol. The fourth-order valence-electron chi connectivity index (χ4n) is 1.92. The molecule has 0 bridgehead atoms. The summed E-state index contributed by atoms with van der Waals surface area (Å²) in [5.41, 5.74) is 2.69. The van der Waals surface area contributed by atoms with Crippen LogP contribution >= 0.6 is 0 Å². The van der Waals surface area contributed by atoms with Gasteiger partial charge in [0.15, 0.2) is 0 Å². The van der Waals surface area contributed by atoms with Gasteiger partial charge in [-0.25, -0.2) is 9.97 Å². The van der Waals surface area contributed by atoms with Gasteiger partial charge in [-0.3, -0.25) is 4.79 Å². The molecule has 0 amide bonds. The van der Waals surface area contributed by atoms with Crippen molar-refractivity contribution in [1.82, 2.24) is 9.97 Å². The van der Waals surface area contributed by atoms with Gasteiger partial charge in [-0.15, -0.1) is 0 Å². The van der Waals surface area contributed by atoms with Gasteiger partial charge >= 0.3 is 5.97 Å². The monoisotopic (exact) mass is 256 g/mol. The minimum Gasteiger partial charge on any atom is -0.481 e. The van der Waals surface area contributed by atoms with Crippen LogP contribution in [0.25, 0.3) is 11.3 Å². The van der Waals surface area contributed by atoms with Gasteiger partial charge in [0, 0.05) is 17.2 Å². The maximum absolute atomic E-state index is 10.8. The molecule has 2 rings (SSSR count). The van der Waals surface area contributed by atoms with Crippen LogP contribution in [0.5, 0.6) is 0 Å². The molecular formula is C15H16N2O2. The number of hydrogen-bond donors (Lipinski definition) is 1. The second kappa shape index (κ2) is 5.61. The maximum atomic E-state index is 10.8. The second-order valence-electron chi connectivity index (χ2n) is 4.62. The Morgan fingerprint density at radius 3 is 2.58 bits per heavy atom. The molecular weight excluding hydrogens is 240 g/mol. The highest BCUT2D eigenvalue weighted by Gasteiger charge is 2.14. The van der Waals surface area contributed by atoms with Crippen molar-refractivity contribution >= 4 is 5.97 Å². The Morgan fingerprint density at radius 2 is 1.95 bits per heavy atom. The van der Waals surface area contributed by atoms with Crippen molar-refractivity contribution in [2.75, 3.05) is 0 Å². The molecule has 1 unspecified atom stereocenters. The number of carboxylic acid groups (broad SMARTS) is 1. The van der Waals surface area contributed by atoms with Crippen LogP contribution in [-0.4, -0.2) is 21.0 Å². The summed E-state index contributed by atoms with van der Waals surface area (Å²) in [6.07, 6.45) is 0.0394. The first-order valence-corrected chi connectivity index (χ1v) is 6.19. The van der Waals surface area contributed by atoms with Gasteiger partial charge in [0.1, 0.15) is 5.82 Å². The van der Waals surface area contributed by atoms with E-state index < -0.39 is 5.97 Å². The number of aromatic nitrogens is 2. The van der Waals surface area contributed by atoms with E-state index in [1.165, 1.54) is 0 Å². The standard InChI is InChI=1S/C15H16N2O2/c1-10(8-14(18)19)15-16-11(2)9-13(17-15)12-6-4-3-5-7-12/h3-7,9-10H,8H2,1-2H3,(H,18,19). The number of carboxylic acids is 1. The number of aryl methyl sites for hydroxylation is 1. The van der Waals surface area contributed by atoms with Gasteiger partial charge in [-0.05, 0) is 13.0 Å². The zero-order valence-corrected chi connectivity index (χ0v) is 11.0. The first kappa shape index (κ1) is 13.2. The summed E-state index contributed by atoms with van der Waals surface area (Å²) >= 11 is 0. The van der Waals surface area contributed by atoms with Gasteiger partial charge in [-0.1, -0.05) is 37.3 Å². The molecule has 1 aromatic carbocycles. The molecule has 2 aromatic rings. The molecule has 4 nitrogen and oxygen atoms in total. The summed E-state index contributed by atoms with van der Waals surface area (Å²) in [4.78, 5) is 19.6. The van der Waals surface area contributed by atoms with E-state index >= 15 is 0 Å². The molecule has 1 aromatic heterocycles. The number of aliphatic carboxylic acids is 1. The zero-order chi connectivity index (χ0) is 13.8. The van der Waals surface area contributed by atoms with E-state index in [0.717, 1.165) is 17.0 Å². The van der Waals surface area contributed by atoms with Gasteiger partial charge < -0.3 is 5.11 Å². The number of rotatable bonds is 4. The smallest absolute Gasteiger partial charge is 0.304 e. The maximum Gasteiger partial charge on any atom is 0.304 e. The van der Waals surface area contributed by atoms with Crippen molar-refractivity contribution in [2.24, 2.45) is 0 Å². The Kier molecular flexibility index (Phi) is 3.90. The van der Waals surface area contributed by atoms with E-state index in [1.54, 1.807) is 0 Å². The molecule has 0 radical (unpaired) electrons. The molecule has 0 spiro atoms. The predicted octanol–water partition coefficient (Wildman–Crippen LogP) is 3.03. The summed E-state index contributed by atoms with van der Waals surface area (Å²) in [6.45, 7) is 3.72. The van der Waals surface area contributed by atoms with Crippen molar-refractivity contribution in [2.45, 2.75) is 26.2 Å². The highest BCUT2D eigenvalue weighted by molar-refractivity contribution is 5.67. The lowest BCUT2D eigenvalue weighted by atomic mass is 10.1.